The predicted octanol–water partition coefficient (Wildman–Crippen LogP) is 3.34. The van der Waals surface area contributed by atoms with Gasteiger partial charge in [0.1, 0.15) is 5.57 Å². The molecule has 0 bridgehead atoms. The number of benzene rings is 1. The fraction of sp³-hybridized carbons (Fsp3) is 0.333. The highest BCUT2D eigenvalue weighted by Crippen LogP contribution is 2.30. The smallest absolute Gasteiger partial charge is 0.349 e. The molecule has 0 radical (unpaired) electrons. The molecule has 1 aliphatic rings. The third kappa shape index (κ3) is 2.85. The van der Waals surface area contributed by atoms with Crippen LogP contribution in [0.4, 0.5) is 0 Å². The van der Waals surface area contributed by atoms with Crippen molar-refractivity contribution in [2.75, 3.05) is 0 Å². The molecule has 0 aliphatic carbocycles. The van der Waals surface area contributed by atoms with Gasteiger partial charge in [0.05, 0.1) is 0 Å². The lowest BCUT2D eigenvalue weighted by molar-refractivity contribution is -0.222. The quantitative estimate of drug-likeness (QED) is 0.477. The minimum atomic E-state index is -1.23. The molecule has 1 heterocycles. The predicted molar refractivity (Wildman–Crippen MR) is 74.9 cm³/mol. The minimum Gasteiger partial charge on any atom is -0.419 e. The number of carbonyl (C=O) groups is 2. The van der Waals surface area contributed by atoms with Crippen molar-refractivity contribution in [2.24, 2.45) is 0 Å². The topological polar surface area (TPSA) is 52.6 Å². The van der Waals surface area contributed by atoms with Gasteiger partial charge in [-0.2, -0.15) is 0 Å². The molecule has 5 heteroatoms. The van der Waals surface area contributed by atoms with E-state index in [0.717, 1.165) is 5.56 Å². The summed E-state index contributed by atoms with van der Waals surface area (Å²) in [4.78, 5) is 24.1. The zero-order chi connectivity index (χ0) is 14.9. The van der Waals surface area contributed by atoms with Crippen molar-refractivity contribution < 1.29 is 19.1 Å². The number of halogens is 1. The van der Waals surface area contributed by atoms with E-state index in [2.05, 4.69) is 0 Å². The van der Waals surface area contributed by atoms with E-state index in [4.69, 9.17) is 21.1 Å². The second kappa shape index (κ2) is 5.29. The number of allylic oxidation sites excluding steroid dienone is 1. The average Bonchev–Trinajstić information content (AvgIpc) is 2.34. The fourth-order valence-electron chi connectivity index (χ4n) is 2.08. The number of esters is 2. The first-order chi connectivity index (χ1) is 9.34. The Morgan fingerprint density at radius 3 is 2.05 bits per heavy atom. The van der Waals surface area contributed by atoms with Gasteiger partial charge in [-0.25, -0.2) is 9.59 Å². The molecule has 1 aliphatic heterocycles. The van der Waals surface area contributed by atoms with Crippen LogP contribution in [0.1, 0.15) is 32.8 Å². The summed E-state index contributed by atoms with van der Waals surface area (Å²) in [6.45, 7) is 4.90. The van der Waals surface area contributed by atoms with Gasteiger partial charge in [0.2, 0.25) is 0 Å². The van der Waals surface area contributed by atoms with Gasteiger partial charge < -0.3 is 9.47 Å². The summed E-state index contributed by atoms with van der Waals surface area (Å²) < 4.78 is 10.2. The van der Waals surface area contributed by atoms with Crippen LogP contribution in [0, 0.1) is 0 Å². The maximum absolute atomic E-state index is 12.1. The Labute approximate surface area is 122 Å². The molecule has 1 aromatic carbocycles. The zero-order valence-electron chi connectivity index (χ0n) is 11.5. The van der Waals surface area contributed by atoms with Gasteiger partial charge >= 0.3 is 11.9 Å². The number of rotatable bonds is 2. The summed E-state index contributed by atoms with van der Waals surface area (Å²) in [5.74, 6) is -2.53. The normalized spacial score (nSPS) is 17.5. The number of cyclic esters (lactones) is 2. The lowest BCUT2D eigenvalue weighted by atomic mass is 9.97. The van der Waals surface area contributed by atoms with E-state index in [1.807, 2.05) is 6.92 Å². The molecule has 0 amide bonds. The van der Waals surface area contributed by atoms with Gasteiger partial charge in [-0.3, -0.25) is 0 Å². The zero-order valence-corrected chi connectivity index (χ0v) is 12.3. The van der Waals surface area contributed by atoms with Crippen LogP contribution < -0.4 is 0 Å². The highest BCUT2D eigenvalue weighted by atomic mass is 35.5. The van der Waals surface area contributed by atoms with E-state index < -0.39 is 17.7 Å². The average molecular weight is 295 g/mol. The highest BCUT2D eigenvalue weighted by Gasteiger charge is 2.40. The van der Waals surface area contributed by atoms with Gasteiger partial charge in [-0.15, -0.1) is 0 Å². The molecule has 1 fully saturated rings. The molecular weight excluding hydrogens is 280 g/mol. The van der Waals surface area contributed by atoms with Crippen molar-refractivity contribution in [1.82, 2.24) is 0 Å². The Kier molecular flexibility index (Phi) is 3.86. The van der Waals surface area contributed by atoms with Crippen LogP contribution >= 0.6 is 11.6 Å². The van der Waals surface area contributed by atoms with Crippen LogP contribution in [0.3, 0.4) is 0 Å². The Hall–Kier alpha value is -1.81. The Morgan fingerprint density at radius 1 is 1.10 bits per heavy atom. The summed E-state index contributed by atoms with van der Waals surface area (Å²) in [5.41, 5.74) is 1.29. The van der Waals surface area contributed by atoms with Crippen molar-refractivity contribution in [3.63, 3.8) is 0 Å². The molecule has 0 saturated carbocycles. The monoisotopic (exact) mass is 294 g/mol. The highest BCUT2D eigenvalue weighted by molar-refractivity contribution is 6.30. The molecule has 1 aromatic rings. The summed E-state index contributed by atoms with van der Waals surface area (Å²) in [7, 11) is 0. The molecule has 4 nitrogen and oxygen atoms in total. The molecule has 0 spiro atoms. The van der Waals surface area contributed by atoms with Crippen LogP contribution in [0.15, 0.2) is 29.8 Å². The molecule has 106 valence electrons. The van der Waals surface area contributed by atoms with Gasteiger partial charge in [-0.05, 0) is 29.7 Å². The van der Waals surface area contributed by atoms with Crippen molar-refractivity contribution >= 4 is 29.1 Å². The van der Waals surface area contributed by atoms with Crippen LogP contribution in [0.5, 0.6) is 0 Å². The molecule has 0 aromatic heterocycles. The molecule has 0 unspecified atom stereocenters. The van der Waals surface area contributed by atoms with E-state index in [1.165, 1.54) is 13.8 Å². The Balaban J connectivity index is 2.50. The minimum absolute atomic E-state index is 0.0471. The third-order valence-electron chi connectivity index (χ3n) is 2.93. The summed E-state index contributed by atoms with van der Waals surface area (Å²) >= 11 is 5.84. The number of carbonyl (C=O) groups excluding carboxylic acids is 2. The van der Waals surface area contributed by atoms with E-state index in [0.29, 0.717) is 17.0 Å². The number of hydrogen-bond acceptors (Lipinski definition) is 4. The SMILES string of the molecule is CCC(=C1C(=O)OC(C)(C)OC1=O)c1ccc(Cl)cc1. The molecular formula is C15H15ClO4. The first-order valence-corrected chi connectivity index (χ1v) is 6.67. The lowest BCUT2D eigenvalue weighted by Gasteiger charge is -2.30. The van der Waals surface area contributed by atoms with Crippen molar-refractivity contribution in [2.45, 2.75) is 33.0 Å². The number of hydrogen-bond donors (Lipinski definition) is 0. The molecule has 20 heavy (non-hydrogen) atoms. The maximum atomic E-state index is 12.1. The summed E-state index contributed by atoms with van der Waals surface area (Å²) in [6.07, 6.45) is 0.502. The first kappa shape index (κ1) is 14.6. The van der Waals surface area contributed by atoms with E-state index in [1.54, 1.807) is 24.3 Å². The van der Waals surface area contributed by atoms with Crippen LogP contribution in [-0.4, -0.2) is 17.7 Å². The van der Waals surface area contributed by atoms with Crippen molar-refractivity contribution in [3.05, 3.63) is 40.4 Å². The second-order valence-corrected chi connectivity index (χ2v) is 5.33. The van der Waals surface area contributed by atoms with E-state index in [9.17, 15) is 9.59 Å². The van der Waals surface area contributed by atoms with Gasteiger partial charge in [0.25, 0.3) is 5.79 Å². The third-order valence-corrected chi connectivity index (χ3v) is 3.19. The molecule has 0 N–H and O–H groups in total. The number of ether oxygens (including phenoxy) is 2. The maximum Gasteiger partial charge on any atom is 0.349 e. The summed E-state index contributed by atoms with van der Waals surface area (Å²) in [5, 5.41) is 0.587. The first-order valence-electron chi connectivity index (χ1n) is 6.30. The summed E-state index contributed by atoms with van der Waals surface area (Å²) in [6, 6.07) is 6.93. The van der Waals surface area contributed by atoms with Crippen LogP contribution in [0.2, 0.25) is 5.02 Å². The van der Waals surface area contributed by atoms with E-state index in [-0.39, 0.29) is 5.57 Å². The lowest BCUT2D eigenvalue weighted by Crippen LogP contribution is -2.42. The van der Waals surface area contributed by atoms with Crippen LogP contribution in [-0.2, 0) is 19.1 Å². The van der Waals surface area contributed by atoms with E-state index >= 15 is 0 Å². The second-order valence-electron chi connectivity index (χ2n) is 4.89. The molecule has 1 saturated heterocycles. The molecule has 2 rings (SSSR count). The van der Waals surface area contributed by atoms with Crippen LogP contribution in [0.25, 0.3) is 5.57 Å². The van der Waals surface area contributed by atoms with Gasteiger partial charge in [0, 0.05) is 18.9 Å². The van der Waals surface area contributed by atoms with Gasteiger partial charge in [0.15, 0.2) is 0 Å². The van der Waals surface area contributed by atoms with Gasteiger partial charge in [-0.1, -0.05) is 30.7 Å². The standard InChI is InChI=1S/C15H15ClO4/c1-4-11(9-5-7-10(16)8-6-9)12-13(17)19-15(2,3)20-14(12)18/h5-8H,4H2,1-3H3. The largest absolute Gasteiger partial charge is 0.419 e. The molecule has 0 atom stereocenters. The fourth-order valence-corrected chi connectivity index (χ4v) is 2.20. The Bertz CT molecular complexity index is 562. The van der Waals surface area contributed by atoms with Crippen molar-refractivity contribution in [1.29, 1.82) is 0 Å². The Morgan fingerprint density at radius 2 is 1.60 bits per heavy atom. The van der Waals surface area contributed by atoms with Crippen molar-refractivity contribution in [3.8, 4) is 0 Å².